The second kappa shape index (κ2) is 10.3. The fourth-order valence-electron chi connectivity index (χ4n) is 5.00. The quantitative estimate of drug-likeness (QED) is 0.241. The third-order valence-corrected chi connectivity index (χ3v) is 6.46. The number of nitrogens with zero attached hydrogens (tertiary/aromatic N) is 2. The number of anilines is 2. The molecule has 35 heavy (non-hydrogen) atoms. The standard InChI is InChI=1S/C31H28N2O2/c1-35-29(34)23-22-28-32(26-18-10-4-11-19-26)30(24-14-6-2-7-15-24)31(25-16-8-3-9-17-25)33(28)27-20-12-5-13-21-27/h2-23,28,30-31H,1H3/b23-22+/t30-,31-/m0/s1. The van der Waals surface area contributed by atoms with Crippen LogP contribution < -0.4 is 9.80 Å². The summed E-state index contributed by atoms with van der Waals surface area (Å²) < 4.78 is 4.95. The van der Waals surface area contributed by atoms with Crippen molar-refractivity contribution in [2.45, 2.75) is 18.2 Å². The van der Waals surface area contributed by atoms with Crippen LogP contribution in [0.3, 0.4) is 0 Å². The van der Waals surface area contributed by atoms with Crippen LogP contribution >= 0.6 is 0 Å². The third kappa shape index (κ3) is 4.56. The highest BCUT2D eigenvalue weighted by atomic mass is 16.5. The molecule has 4 heteroatoms. The van der Waals surface area contributed by atoms with Gasteiger partial charge in [-0.1, -0.05) is 97.1 Å². The van der Waals surface area contributed by atoms with Crippen LogP contribution in [0, 0.1) is 0 Å². The average molecular weight is 461 g/mol. The Kier molecular flexibility index (Phi) is 6.62. The van der Waals surface area contributed by atoms with E-state index in [4.69, 9.17) is 4.74 Å². The second-order valence-corrected chi connectivity index (χ2v) is 8.49. The van der Waals surface area contributed by atoms with Crippen LogP contribution in [0.1, 0.15) is 23.2 Å². The minimum absolute atomic E-state index is 0.00602. The van der Waals surface area contributed by atoms with E-state index in [1.807, 2.05) is 30.3 Å². The maximum absolute atomic E-state index is 12.2. The fraction of sp³-hybridized carbons (Fsp3) is 0.129. The van der Waals surface area contributed by atoms with Crippen molar-refractivity contribution >= 4 is 17.3 Å². The molecule has 1 aliphatic heterocycles. The zero-order chi connectivity index (χ0) is 24.0. The highest BCUT2D eigenvalue weighted by Gasteiger charge is 2.47. The predicted molar refractivity (Wildman–Crippen MR) is 141 cm³/mol. The number of benzene rings is 4. The highest BCUT2D eigenvalue weighted by Crippen LogP contribution is 2.51. The molecule has 1 aliphatic rings. The number of methoxy groups -OCH3 is 1. The van der Waals surface area contributed by atoms with Gasteiger partial charge in [-0.2, -0.15) is 0 Å². The van der Waals surface area contributed by atoms with E-state index < -0.39 is 0 Å². The normalized spacial score (nSPS) is 18.2. The van der Waals surface area contributed by atoms with Crippen molar-refractivity contribution in [2.24, 2.45) is 0 Å². The Balaban J connectivity index is 1.78. The molecule has 1 fully saturated rings. The Morgan fingerprint density at radius 3 is 1.37 bits per heavy atom. The molecule has 2 atom stereocenters. The van der Waals surface area contributed by atoms with Gasteiger partial charge in [0.25, 0.3) is 0 Å². The third-order valence-electron chi connectivity index (χ3n) is 6.46. The number of esters is 1. The summed E-state index contributed by atoms with van der Waals surface area (Å²) in [6, 6.07) is 42.0. The summed E-state index contributed by atoms with van der Waals surface area (Å²) in [5.74, 6) is -0.370. The number of carbonyl (C=O) groups is 1. The van der Waals surface area contributed by atoms with Gasteiger partial charge in [-0.25, -0.2) is 4.79 Å². The monoisotopic (exact) mass is 460 g/mol. The molecular formula is C31H28N2O2. The second-order valence-electron chi connectivity index (χ2n) is 8.49. The predicted octanol–water partition coefficient (Wildman–Crippen LogP) is 6.55. The lowest BCUT2D eigenvalue weighted by Crippen LogP contribution is -2.38. The van der Waals surface area contributed by atoms with Crippen LogP contribution in [-0.4, -0.2) is 19.2 Å². The molecular weight excluding hydrogens is 432 g/mol. The molecule has 0 spiro atoms. The van der Waals surface area contributed by atoms with Gasteiger partial charge in [0, 0.05) is 17.5 Å². The van der Waals surface area contributed by atoms with Crippen LogP contribution in [0.25, 0.3) is 0 Å². The van der Waals surface area contributed by atoms with Crippen molar-refractivity contribution in [3.8, 4) is 0 Å². The van der Waals surface area contributed by atoms with E-state index in [0.29, 0.717) is 0 Å². The van der Waals surface area contributed by atoms with E-state index in [9.17, 15) is 4.79 Å². The van der Waals surface area contributed by atoms with E-state index in [1.54, 1.807) is 0 Å². The Morgan fingerprint density at radius 2 is 1.00 bits per heavy atom. The lowest BCUT2D eigenvalue weighted by molar-refractivity contribution is -0.134. The first-order valence-electron chi connectivity index (χ1n) is 11.8. The Hall–Kier alpha value is -4.31. The Morgan fingerprint density at radius 1 is 0.629 bits per heavy atom. The molecule has 0 bridgehead atoms. The number of carbonyl (C=O) groups excluding carboxylic acids is 1. The topological polar surface area (TPSA) is 32.8 Å². The molecule has 5 rings (SSSR count). The number of para-hydroxylation sites is 2. The summed E-state index contributed by atoms with van der Waals surface area (Å²) >= 11 is 0. The van der Waals surface area contributed by atoms with Crippen LogP contribution in [-0.2, 0) is 9.53 Å². The summed E-state index contributed by atoms with van der Waals surface area (Å²) in [6.45, 7) is 0. The van der Waals surface area contributed by atoms with Crippen molar-refractivity contribution in [1.29, 1.82) is 0 Å². The van der Waals surface area contributed by atoms with Gasteiger partial charge in [-0.3, -0.25) is 0 Å². The summed E-state index contributed by atoms with van der Waals surface area (Å²) in [5.41, 5.74) is 4.58. The minimum atomic E-state index is -0.370. The first-order chi connectivity index (χ1) is 17.3. The van der Waals surface area contributed by atoms with Gasteiger partial charge < -0.3 is 14.5 Å². The molecule has 0 amide bonds. The van der Waals surface area contributed by atoms with Crippen molar-refractivity contribution < 1.29 is 9.53 Å². The molecule has 174 valence electrons. The summed E-state index contributed by atoms with van der Waals surface area (Å²) in [4.78, 5) is 17.0. The van der Waals surface area contributed by atoms with E-state index >= 15 is 0 Å². The number of hydrogen-bond donors (Lipinski definition) is 0. The van der Waals surface area contributed by atoms with Gasteiger partial charge in [-0.15, -0.1) is 0 Å². The molecule has 4 nitrogen and oxygen atoms in total. The van der Waals surface area contributed by atoms with Gasteiger partial charge in [0.2, 0.25) is 0 Å². The number of hydrogen-bond acceptors (Lipinski definition) is 4. The molecule has 4 aromatic rings. The van der Waals surface area contributed by atoms with Gasteiger partial charge in [0.1, 0.15) is 6.17 Å². The average Bonchev–Trinajstić information content (AvgIpc) is 3.28. The van der Waals surface area contributed by atoms with E-state index in [2.05, 4.69) is 107 Å². The van der Waals surface area contributed by atoms with E-state index in [1.165, 1.54) is 24.3 Å². The molecule has 0 radical (unpaired) electrons. The van der Waals surface area contributed by atoms with Crippen molar-refractivity contribution in [3.05, 3.63) is 145 Å². The maximum Gasteiger partial charge on any atom is 0.330 e. The highest BCUT2D eigenvalue weighted by molar-refractivity contribution is 5.82. The molecule has 0 saturated carbocycles. The SMILES string of the molecule is COC(=O)/C=C/C1N(c2ccccc2)[C@@H](c2ccccc2)[C@H](c2ccccc2)N1c1ccccc1. The van der Waals surface area contributed by atoms with Gasteiger partial charge in [0.15, 0.2) is 0 Å². The Bertz CT molecular complexity index is 1170. The lowest BCUT2D eigenvalue weighted by atomic mass is 9.92. The molecule has 4 aromatic carbocycles. The zero-order valence-electron chi connectivity index (χ0n) is 19.6. The van der Waals surface area contributed by atoms with Gasteiger partial charge in [-0.05, 0) is 41.5 Å². The first-order valence-corrected chi connectivity index (χ1v) is 11.8. The van der Waals surface area contributed by atoms with Crippen LogP contribution in [0.5, 0.6) is 0 Å². The smallest absolute Gasteiger partial charge is 0.330 e. The Labute approximate surface area is 206 Å². The van der Waals surface area contributed by atoms with Crippen LogP contribution in [0.2, 0.25) is 0 Å². The largest absolute Gasteiger partial charge is 0.466 e. The van der Waals surface area contributed by atoms with Crippen molar-refractivity contribution in [1.82, 2.24) is 0 Å². The molecule has 0 aliphatic carbocycles. The molecule has 1 saturated heterocycles. The van der Waals surface area contributed by atoms with E-state index in [-0.39, 0.29) is 24.2 Å². The lowest BCUT2D eigenvalue weighted by Gasteiger charge is -2.32. The van der Waals surface area contributed by atoms with Gasteiger partial charge in [0.05, 0.1) is 19.2 Å². The first kappa shape index (κ1) is 22.5. The molecule has 0 unspecified atom stereocenters. The molecule has 0 N–H and O–H groups in total. The maximum atomic E-state index is 12.2. The zero-order valence-corrected chi connectivity index (χ0v) is 19.6. The van der Waals surface area contributed by atoms with Gasteiger partial charge >= 0.3 is 5.97 Å². The summed E-state index contributed by atoms with van der Waals surface area (Å²) in [6.07, 6.45) is 3.26. The number of rotatable bonds is 6. The van der Waals surface area contributed by atoms with Crippen LogP contribution in [0.15, 0.2) is 133 Å². The van der Waals surface area contributed by atoms with Crippen molar-refractivity contribution in [2.75, 3.05) is 16.9 Å². The number of ether oxygens (including phenoxy) is 1. The van der Waals surface area contributed by atoms with Crippen molar-refractivity contribution in [3.63, 3.8) is 0 Å². The van der Waals surface area contributed by atoms with E-state index in [0.717, 1.165) is 11.4 Å². The fourth-order valence-corrected chi connectivity index (χ4v) is 5.00. The minimum Gasteiger partial charge on any atom is -0.466 e. The molecule has 1 heterocycles. The summed E-state index contributed by atoms with van der Waals surface area (Å²) in [7, 11) is 1.41. The summed E-state index contributed by atoms with van der Waals surface area (Å²) in [5, 5.41) is 0. The molecule has 0 aromatic heterocycles. The van der Waals surface area contributed by atoms with Crippen LogP contribution in [0.4, 0.5) is 11.4 Å².